The molecule has 2 aliphatic heterocycles. The Labute approximate surface area is 247 Å². The molecule has 0 aromatic heterocycles. The van der Waals surface area contributed by atoms with E-state index < -0.39 is 0 Å². The number of aryl methyl sites for hydroxylation is 1. The Morgan fingerprint density at radius 1 is 0.558 bits per heavy atom. The summed E-state index contributed by atoms with van der Waals surface area (Å²) in [5.41, 5.74) is 3.45. The molecule has 4 amide bonds. The third kappa shape index (κ3) is 3.35. The highest BCUT2D eigenvalue weighted by Crippen LogP contribution is 2.46. The first-order chi connectivity index (χ1) is 20.8. The van der Waals surface area contributed by atoms with E-state index in [-0.39, 0.29) is 23.6 Å². The molecule has 0 aliphatic carbocycles. The van der Waals surface area contributed by atoms with Crippen LogP contribution in [0.15, 0.2) is 72.8 Å². The number of carbonyl (C=O) groups is 4. The molecule has 210 valence electrons. The number of amides is 4. The summed E-state index contributed by atoms with van der Waals surface area (Å²) in [5.74, 6) is -0.712. The predicted molar refractivity (Wildman–Crippen MR) is 169 cm³/mol. The number of para-hydroxylation sites is 1. The summed E-state index contributed by atoms with van der Waals surface area (Å²) >= 11 is 0. The zero-order valence-corrected chi connectivity index (χ0v) is 24.2. The number of anilines is 1. The second-order valence-electron chi connectivity index (χ2n) is 12.2. The normalized spacial score (nSPS) is 15.0. The van der Waals surface area contributed by atoms with E-state index in [2.05, 4.69) is 13.8 Å². The molecule has 6 aromatic carbocycles. The van der Waals surface area contributed by atoms with Crippen LogP contribution in [0.1, 0.15) is 73.7 Å². The minimum absolute atomic E-state index is 0.256. The maximum atomic E-state index is 13.9. The van der Waals surface area contributed by atoms with Crippen molar-refractivity contribution in [1.82, 2.24) is 4.90 Å². The molecule has 6 aromatic rings. The topological polar surface area (TPSA) is 74.8 Å². The van der Waals surface area contributed by atoms with E-state index in [4.69, 9.17) is 0 Å². The highest BCUT2D eigenvalue weighted by molar-refractivity contribution is 6.43. The van der Waals surface area contributed by atoms with E-state index in [9.17, 15) is 19.2 Å². The molecule has 8 rings (SSSR count). The molecule has 0 fully saturated rings. The van der Waals surface area contributed by atoms with Crippen LogP contribution >= 0.6 is 0 Å². The van der Waals surface area contributed by atoms with Gasteiger partial charge in [0.25, 0.3) is 23.6 Å². The van der Waals surface area contributed by atoms with Crippen molar-refractivity contribution < 1.29 is 19.2 Å². The van der Waals surface area contributed by atoms with Crippen LogP contribution in [-0.4, -0.2) is 35.1 Å². The zero-order chi connectivity index (χ0) is 29.7. The average molecular weight is 565 g/mol. The van der Waals surface area contributed by atoms with E-state index >= 15 is 0 Å². The fourth-order valence-corrected chi connectivity index (χ4v) is 7.21. The van der Waals surface area contributed by atoms with Crippen molar-refractivity contribution in [2.45, 2.75) is 33.6 Å². The molecule has 0 atom stereocenters. The Kier molecular flexibility index (Phi) is 5.33. The highest BCUT2D eigenvalue weighted by atomic mass is 16.2. The average Bonchev–Trinajstić information content (AvgIpc) is 3.00. The molecule has 0 spiro atoms. The van der Waals surface area contributed by atoms with Gasteiger partial charge in [0.2, 0.25) is 0 Å². The van der Waals surface area contributed by atoms with E-state index in [1.807, 2.05) is 61.5 Å². The lowest BCUT2D eigenvalue weighted by Crippen LogP contribution is -2.41. The molecule has 0 radical (unpaired) electrons. The number of nitrogens with zero attached hydrogens (tertiary/aromatic N) is 2. The Bertz CT molecular complexity index is 2130. The summed E-state index contributed by atoms with van der Waals surface area (Å²) in [4.78, 5) is 57.8. The van der Waals surface area contributed by atoms with Gasteiger partial charge in [-0.1, -0.05) is 56.3 Å². The van der Waals surface area contributed by atoms with E-state index in [0.29, 0.717) is 51.2 Å². The van der Waals surface area contributed by atoms with Gasteiger partial charge in [-0.3, -0.25) is 24.1 Å². The molecule has 43 heavy (non-hydrogen) atoms. The van der Waals surface area contributed by atoms with Crippen LogP contribution in [0, 0.1) is 12.8 Å². The Morgan fingerprint density at radius 3 is 1.44 bits per heavy atom. The number of imide groups is 2. The van der Waals surface area contributed by atoms with Gasteiger partial charge >= 0.3 is 0 Å². The number of hydrogen-bond donors (Lipinski definition) is 0. The number of rotatable bonds is 5. The lowest BCUT2D eigenvalue weighted by atomic mass is 9.82. The summed E-state index contributed by atoms with van der Waals surface area (Å²) in [6, 6.07) is 22.4. The van der Waals surface area contributed by atoms with Gasteiger partial charge in [0.15, 0.2) is 0 Å². The first kappa shape index (κ1) is 25.6. The largest absolute Gasteiger partial charge is 0.274 e. The standard InChI is InChI=1S/C37H28N2O4/c1-19(2)7-6-18-38-34(40)25-14-10-21-23-12-16-27-33-28(37(43)39(36(27)42)29-9-5-4-8-20(29)3)17-13-24(31(23)33)22-11-15-26(35(38)41)32(25)30(21)22/h4-5,8-17,19H,6-7,18H2,1-3H3. The van der Waals surface area contributed by atoms with Crippen LogP contribution < -0.4 is 4.90 Å². The third-order valence-corrected chi connectivity index (χ3v) is 9.24. The van der Waals surface area contributed by atoms with Gasteiger partial charge < -0.3 is 0 Å². The molecule has 0 bridgehead atoms. The number of benzene rings is 6. The van der Waals surface area contributed by atoms with Gasteiger partial charge in [0.1, 0.15) is 0 Å². The highest BCUT2D eigenvalue weighted by Gasteiger charge is 2.37. The molecule has 0 N–H and O–H groups in total. The summed E-state index contributed by atoms with van der Waals surface area (Å²) in [6.45, 7) is 6.56. The number of carbonyl (C=O) groups excluding carboxylic acids is 4. The summed E-state index contributed by atoms with van der Waals surface area (Å²) in [5, 5.41) is 6.60. The van der Waals surface area contributed by atoms with E-state index in [1.165, 1.54) is 9.80 Å². The first-order valence-corrected chi connectivity index (χ1v) is 14.8. The fourth-order valence-electron chi connectivity index (χ4n) is 7.21. The monoisotopic (exact) mass is 564 g/mol. The SMILES string of the molecule is Cc1ccccc1N1C(=O)c2ccc3c4ccc5c6c(ccc(c7ccc(c2c37)C1=O)c64)C(=O)N(CCCC(C)C)C5=O. The van der Waals surface area contributed by atoms with Crippen molar-refractivity contribution in [3.05, 3.63) is 101 Å². The Morgan fingerprint density at radius 2 is 1.00 bits per heavy atom. The predicted octanol–water partition coefficient (Wildman–Crippen LogP) is 7.88. The van der Waals surface area contributed by atoms with Crippen LogP contribution in [0.4, 0.5) is 5.69 Å². The van der Waals surface area contributed by atoms with Crippen LogP contribution in [0.2, 0.25) is 0 Å². The maximum absolute atomic E-state index is 13.9. The number of hydrogen-bond acceptors (Lipinski definition) is 4. The van der Waals surface area contributed by atoms with Crippen molar-refractivity contribution in [1.29, 1.82) is 0 Å². The van der Waals surface area contributed by atoms with Crippen molar-refractivity contribution >= 4 is 72.4 Å². The van der Waals surface area contributed by atoms with Crippen molar-refractivity contribution in [2.24, 2.45) is 5.92 Å². The molecule has 0 unspecified atom stereocenters. The Balaban J connectivity index is 1.37. The third-order valence-electron chi connectivity index (χ3n) is 9.24. The minimum Gasteiger partial charge on any atom is -0.274 e. The van der Waals surface area contributed by atoms with Crippen molar-refractivity contribution in [3.8, 4) is 0 Å². The van der Waals surface area contributed by atoms with Crippen LogP contribution in [0.25, 0.3) is 43.1 Å². The van der Waals surface area contributed by atoms with Gasteiger partial charge in [-0.15, -0.1) is 0 Å². The lowest BCUT2D eigenvalue weighted by Gasteiger charge is -2.30. The van der Waals surface area contributed by atoms with Crippen LogP contribution in [0.3, 0.4) is 0 Å². The molecule has 2 aliphatic rings. The second kappa shape index (κ2) is 8.95. The second-order valence-corrected chi connectivity index (χ2v) is 12.2. The van der Waals surface area contributed by atoms with Gasteiger partial charge in [-0.25, -0.2) is 4.90 Å². The van der Waals surface area contributed by atoms with Crippen molar-refractivity contribution in [3.63, 3.8) is 0 Å². The van der Waals surface area contributed by atoms with E-state index in [0.717, 1.165) is 50.7 Å². The van der Waals surface area contributed by atoms with Gasteiger partial charge in [-0.2, -0.15) is 0 Å². The number of fused-ring (bicyclic) bond motifs is 2. The molecule has 2 heterocycles. The quantitative estimate of drug-likeness (QED) is 0.121. The van der Waals surface area contributed by atoms with Gasteiger partial charge in [0, 0.05) is 39.6 Å². The minimum atomic E-state index is -0.347. The zero-order valence-electron chi connectivity index (χ0n) is 24.2. The summed E-state index contributed by atoms with van der Waals surface area (Å²) in [6.07, 6.45) is 1.71. The molecular weight excluding hydrogens is 536 g/mol. The fraction of sp³-hybridized carbons (Fsp3) is 0.189. The molecule has 6 nitrogen and oxygen atoms in total. The lowest BCUT2D eigenvalue weighted by molar-refractivity contribution is 0.0605. The molecule has 6 heteroatoms. The smallest absolute Gasteiger partial charge is 0.265 e. The molecule has 0 saturated heterocycles. The van der Waals surface area contributed by atoms with Gasteiger partial charge in [-0.05, 0) is 93.9 Å². The van der Waals surface area contributed by atoms with Crippen LogP contribution in [0.5, 0.6) is 0 Å². The summed E-state index contributed by atoms with van der Waals surface area (Å²) in [7, 11) is 0. The molecule has 0 saturated carbocycles. The Hall–Kier alpha value is -5.10. The van der Waals surface area contributed by atoms with Gasteiger partial charge in [0.05, 0.1) is 5.69 Å². The summed E-state index contributed by atoms with van der Waals surface area (Å²) < 4.78 is 0. The van der Waals surface area contributed by atoms with Crippen LogP contribution in [-0.2, 0) is 0 Å². The maximum Gasteiger partial charge on any atom is 0.265 e. The first-order valence-electron chi connectivity index (χ1n) is 14.8. The van der Waals surface area contributed by atoms with E-state index in [1.54, 1.807) is 18.2 Å². The van der Waals surface area contributed by atoms with Crippen molar-refractivity contribution in [2.75, 3.05) is 11.4 Å². The molecular formula is C37H28N2O4.